The van der Waals surface area contributed by atoms with Crippen molar-refractivity contribution in [2.45, 2.75) is 0 Å². The van der Waals surface area contributed by atoms with E-state index in [-0.39, 0.29) is 0 Å². The molecule has 2 aliphatic rings. The van der Waals surface area contributed by atoms with Crippen molar-refractivity contribution in [2.24, 2.45) is 0 Å². The van der Waals surface area contributed by atoms with Gasteiger partial charge in [-0.25, -0.2) is 0 Å². The van der Waals surface area contributed by atoms with Crippen molar-refractivity contribution in [1.82, 2.24) is 4.98 Å². The van der Waals surface area contributed by atoms with Gasteiger partial charge in [0.05, 0.1) is 0 Å². The lowest BCUT2D eigenvalue weighted by atomic mass is 10.2. The molecule has 50 valence electrons. The normalized spacial score (nSPS) is 10.4. The minimum Gasteiger partial charge on any atom is -0.398 e. The predicted octanol–water partition coefficient (Wildman–Crippen LogP) is 1.70. The van der Waals surface area contributed by atoms with Crippen molar-refractivity contribution in [3.8, 4) is 11.3 Å². The first-order chi connectivity index (χ1) is 4.88. The summed E-state index contributed by atoms with van der Waals surface area (Å²) in [7, 11) is 0. The maximum absolute atomic E-state index is 5.66. The highest BCUT2D eigenvalue weighted by Crippen LogP contribution is 2.26. The number of aromatic amines is 1. The molecule has 0 aromatic carbocycles. The molecule has 0 aromatic rings. The highest BCUT2D eigenvalue weighted by molar-refractivity contribution is 5.77. The van der Waals surface area contributed by atoms with E-state index in [1.165, 1.54) is 0 Å². The second-order valence-electron chi connectivity index (χ2n) is 2.29. The Balaban J connectivity index is 2.78. The monoisotopic (exact) mass is 132 g/mol. The number of hydrogen-bond donors (Lipinski definition) is 2. The molecule has 0 bridgehead atoms. The van der Waals surface area contributed by atoms with Crippen LogP contribution in [0.4, 0.5) is 5.69 Å². The molecule has 2 heteroatoms. The fraction of sp³-hybridized carbons (Fsp3) is 0. The van der Waals surface area contributed by atoms with E-state index in [2.05, 4.69) is 4.98 Å². The number of fused-ring (bicyclic) bond motifs is 1. The van der Waals surface area contributed by atoms with Gasteiger partial charge in [-0.3, -0.25) is 0 Å². The molecule has 1 aliphatic carbocycles. The lowest BCUT2D eigenvalue weighted by Crippen LogP contribution is -1.84. The van der Waals surface area contributed by atoms with Gasteiger partial charge in [-0.2, -0.15) is 0 Å². The summed E-state index contributed by atoms with van der Waals surface area (Å²) < 4.78 is 0. The number of aromatic nitrogens is 1. The maximum Gasteiger partial charge on any atom is 0.0474 e. The number of pyridine rings is 1. The van der Waals surface area contributed by atoms with Gasteiger partial charge in [-0.1, -0.05) is 0 Å². The minimum absolute atomic E-state index is 0.840. The largest absolute Gasteiger partial charge is 0.398 e. The third-order valence-corrected chi connectivity index (χ3v) is 1.63. The zero-order chi connectivity index (χ0) is 6.97. The molecule has 0 saturated carbocycles. The van der Waals surface area contributed by atoms with Crippen molar-refractivity contribution in [3.05, 3.63) is 30.5 Å². The number of hydrogen-bond acceptors (Lipinski definition) is 1. The summed E-state index contributed by atoms with van der Waals surface area (Å²) in [4.78, 5) is 3.09. The standard InChI is InChI=1S/C8H8N2/c9-7-3-4-8-6(7)2-1-5-10-8/h1-5,10H,9H2. The molecule has 2 nitrogen and oxygen atoms in total. The SMILES string of the molecule is Nc1ccc2[nH]cccc1-2. The molecule has 0 amide bonds. The van der Waals surface area contributed by atoms with E-state index in [1.54, 1.807) is 0 Å². The van der Waals surface area contributed by atoms with Crippen LogP contribution in [0.1, 0.15) is 0 Å². The molecule has 3 N–H and O–H groups in total. The zero-order valence-electron chi connectivity index (χ0n) is 5.46. The van der Waals surface area contributed by atoms with E-state index in [0.717, 1.165) is 16.9 Å². The summed E-state index contributed by atoms with van der Waals surface area (Å²) >= 11 is 0. The van der Waals surface area contributed by atoms with Gasteiger partial charge in [-0.05, 0) is 24.3 Å². The molecule has 2 rings (SSSR count). The van der Waals surface area contributed by atoms with Crippen LogP contribution in [-0.4, -0.2) is 4.98 Å². The first-order valence-electron chi connectivity index (χ1n) is 3.19. The Bertz CT molecular complexity index is 311. The molecule has 1 heterocycles. The average Bonchev–Trinajstić information content (AvgIpc) is 2.34. The molecule has 0 fully saturated rings. The van der Waals surface area contributed by atoms with Crippen molar-refractivity contribution in [2.75, 3.05) is 5.73 Å². The average molecular weight is 132 g/mol. The molecule has 0 spiro atoms. The van der Waals surface area contributed by atoms with Gasteiger partial charge in [0.15, 0.2) is 0 Å². The Labute approximate surface area is 59.0 Å². The van der Waals surface area contributed by atoms with E-state index < -0.39 is 0 Å². The van der Waals surface area contributed by atoms with Crippen LogP contribution in [0, 0.1) is 0 Å². The fourth-order valence-electron chi connectivity index (χ4n) is 1.10. The van der Waals surface area contributed by atoms with Gasteiger partial charge in [0.2, 0.25) is 0 Å². The topological polar surface area (TPSA) is 41.8 Å². The molecule has 0 saturated heterocycles. The Morgan fingerprint density at radius 2 is 2.10 bits per heavy atom. The molecule has 0 radical (unpaired) electrons. The zero-order valence-corrected chi connectivity index (χ0v) is 5.46. The van der Waals surface area contributed by atoms with Crippen molar-refractivity contribution >= 4 is 5.69 Å². The quantitative estimate of drug-likeness (QED) is 0.562. The summed E-state index contributed by atoms with van der Waals surface area (Å²) in [6.07, 6.45) is 1.89. The molecular formula is C8H8N2. The summed E-state index contributed by atoms with van der Waals surface area (Å²) in [5, 5.41) is 0. The number of nitrogen functional groups attached to an aromatic ring is 1. The Morgan fingerprint density at radius 3 is 2.90 bits per heavy atom. The predicted molar refractivity (Wildman–Crippen MR) is 41.8 cm³/mol. The number of nitrogens with one attached hydrogen (secondary N) is 1. The van der Waals surface area contributed by atoms with Gasteiger partial charge < -0.3 is 10.7 Å². The Morgan fingerprint density at radius 1 is 1.20 bits per heavy atom. The van der Waals surface area contributed by atoms with Crippen molar-refractivity contribution < 1.29 is 0 Å². The van der Waals surface area contributed by atoms with Crippen LogP contribution < -0.4 is 5.73 Å². The molecule has 1 aliphatic heterocycles. The van der Waals surface area contributed by atoms with Crippen LogP contribution in [0.25, 0.3) is 11.3 Å². The number of rotatable bonds is 0. The summed E-state index contributed by atoms with van der Waals surface area (Å²) in [5.74, 6) is 0. The van der Waals surface area contributed by atoms with E-state index in [4.69, 9.17) is 5.73 Å². The maximum atomic E-state index is 5.66. The molecular weight excluding hydrogens is 124 g/mol. The van der Waals surface area contributed by atoms with Gasteiger partial charge in [0.25, 0.3) is 0 Å². The summed E-state index contributed by atoms with van der Waals surface area (Å²) in [6.45, 7) is 0. The van der Waals surface area contributed by atoms with E-state index in [1.807, 2.05) is 30.5 Å². The van der Waals surface area contributed by atoms with Crippen LogP contribution in [-0.2, 0) is 0 Å². The first-order valence-corrected chi connectivity index (χ1v) is 3.19. The van der Waals surface area contributed by atoms with Crippen LogP contribution in [0.3, 0.4) is 0 Å². The summed E-state index contributed by atoms with van der Waals surface area (Å²) in [6, 6.07) is 7.83. The second-order valence-corrected chi connectivity index (χ2v) is 2.29. The first kappa shape index (κ1) is 5.35. The second kappa shape index (κ2) is 1.77. The van der Waals surface area contributed by atoms with Crippen LogP contribution in [0.2, 0.25) is 0 Å². The van der Waals surface area contributed by atoms with Crippen molar-refractivity contribution in [1.29, 1.82) is 0 Å². The smallest absolute Gasteiger partial charge is 0.0474 e. The van der Waals surface area contributed by atoms with E-state index in [0.29, 0.717) is 0 Å². The van der Waals surface area contributed by atoms with Gasteiger partial charge in [-0.15, -0.1) is 0 Å². The van der Waals surface area contributed by atoms with Gasteiger partial charge >= 0.3 is 0 Å². The van der Waals surface area contributed by atoms with Crippen LogP contribution in [0.5, 0.6) is 0 Å². The van der Waals surface area contributed by atoms with Gasteiger partial charge in [0.1, 0.15) is 0 Å². The molecule has 0 unspecified atom stereocenters. The highest BCUT2D eigenvalue weighted by Gasteiger charge is 2.03. The molecule has 0 atom stereocenters. The Hall–Kier alpha value is -1.44. The molecule has 0 aromatic heterocycles. The third kappa shape index (κ3) is 0.589. The number of H-pyrrole nitrogens is 1. The van der Waals surface area contributed by atoms with Crippen LogP contribution in [0.15, 0.2) is 30.5 Å². The summed E-state index contributed by atoms with van der Waals surface area (Å²) in [5.41, 5.74) is 8.69. The fourth-order valence-corrected chi connectivity index (χ4v) is 1.10. The lowest BCUT2D eigenvalue weighted by Gasteiger charge is -1.97. The lowest BCUT2D eigenvalue weighted by molar-refractivity contribution is 1.34. The van der Waals surface area contributed by atoms with E-state index >= 15 is 0 Å². The highest BCUT2D eigenvalue weighted by atomic mass is 14.7. The number of nitrogens with two attached hydrogens (primary N) is 1. The van der Waals surface area contributed by atoms with Crippen molar-refractivity contribution in [3.63, 3.8) is 0 Å². The third-order valence-electron chi connectivity index (χ3n) is 1.63. The minimum atomic E-state index is 0.840. The van der Waals surface area contributed by atoms with E-state index in [9.17, 15) is 0 Å². The Kier molecular flexibility index (Phi) is 0.947. The van der Waals surface area contributed by atoms with Gasteiger partial charge in [0, 0.05) is 23.1 Å². The molecule has 10 heavy (non-hydrogen) atoms. The van der Waals surface area contributed by atoms with Crippen LogP contribution >= 0.6 is 0 Å². The number of anilines is 1.